The number of nitrogens with zero attached hydrogens (tertiary/aromatic N) is 2. The van der Waals surface area contributed by atoms with E-state index in [1.54, 1.807) is 12.3 Å². The standard InChI is InChI=1S/C12H16N2O2/c1-8(2)11(15)7-12-13-6-5-10(14-12)9(3)16-4/h5-6,8H,3,7H2,1-2,4H3. The van der Waals surface area contributed by atoms with Gasteiger partial charge in [0, 0.05) is 12.1 Å². The number of hydrogen-bond acceptors (Lipinski definition) is 4. The quantitative estimate of drug-likeness (QED) is 0.711. The summed E-state index contributed by atoms with van der Waals surface area (Å²) in [6.07, 6.45) is 1.86. The average molecular weight is 220 g/mol. The zero-order chi connectivity index (χ0) is 12.1. The number of carbonyl (C=O) groups excluding carboxylic acids is 1. The molecular formula is C12H16N2O2. The highest BCUT2D eigenvalue weighted by Crippen LogP contribution is 2.10. The molecular weight excluding hydrogens is 204 g/mol. The molecule has 0 unspecified atom stereocenters. The van der Waals surface area contributed by atoms with Gasteiger partial charge < -0.3 is 4.74 Å². The van der Waals surface area contributed by atoms with Crippen LogP contribution in [-0.2, 0) is 16.0 Å². The molecule has 0 N–H and O–H groups in total. The van der Waals surface area contributed by atoms with Crippen molar-refractivity contribution in [1.29, 1.82) is 0 Å². The van der Waals surface area contributed by atoms with Crippen LogP contribution in [0.4, 0.5) is 0 Å². The molecule has 4 nitrogen and oxygen atoms in total. The molecule has 0 spiro atoms. The van der Waals surface area contributed by atoms with Crippen LogP contribution in [0, 0.1) is 5.92 Å². The van der Waals surface area contributed by atoms with Crippen molar-refractivity contribution in [1.82, 2.24) is 9.97 Å². The predicted molar refractivity (Wildman–Crippen MR) is 61.6 cm³/mol. The van der Waals surface area contributed by atoms with Crippen LogP contribution in [-0.4, -0.2) is 22.9 Å². The van der Waals surface area contributed by atoms with Crippen LogP contribution in [0.3, 0.4) is 0 Å². The number of ether oxygens (including phenoxy) is 1. The fourth-order valence-electron chi connectivity index (χ4n) is 1.10. The van der Waals surface area contributed by atoms with E-state index in [1.165, 1.54) is 7.11 Å². The van der Waals surface area contributed by atoms with E-state index in [0.717, 1.165) is 0 Å². The van der Waals surface area contributed by atoms with E-state index in [-0.39, 0.29) is 18.1 Å². The highest BCUT2D eigenvalue weighted by atomic mass is 16.5. The van der Waals surface area contributed by atoms with Crippen LogP contribution < -0.4 is 0 Å². The van der Waals surface area contributed by atoms with E-state index >= 15 is 0 Å². The Labute approximate surface area is 95.4 Å². The lowest BCUT2D eigenvalue weighted by atomic mass is 10.1. The monoisotopic (exact) mass is 220 g/mol. The van der Waals surface area contributed by atoms with Gasteiger partial charge in [0.15, 0.2) is 0 Å². The van der Waals surface area contributed by atoms with Gasteiger partial charge in [-0.1, -0.05) is 20.4 Å². The summed E-state index contributed by atoms with van der Waals surface area (Å²) in [5.41, 5.74) is 0.615. The molecule has 0 saturated carbocycles. The van der Waals surface area contributed by atoms with Crippen molar-refractivity contribution in [3.05, 3.63) is 30.4 Å². The van der Waals surface area contributed by atoms with Gasteiger partial charge in [-0.15, -0.1) is 0 Å². The third kappa shape index (κ3) is 3.15. The Kier molecular flexibility index (Phi) is 4.17. The van der Waals surface area contributed by atoms with Gasteiger partial charge in [-0.2, -0.15) is 0 Å². The van der Waals surface area contributed by atoms with Crippen LogP contribution in [0.25, 0.3) is 5.76 Å². The fraction of sp³-hybridized carbons (Fsp3) is 0.417. The van der Waals surface area contributed by atoms with Crippen LogP contribution in [0.5, 0.6) is 0 Å². The molecule has 16 heavy (non-hydrogen) atoms. The molecule has 1 aromatic heterocycles. The second kappa shape index (κ2) is 5.39. The van der Waals surface area contributed by atoms with Crippen molar-refractivity contribution < 1.29 is 9.53 Å². The molecule has 0 amide bonds. The number of ketones is 1. The Morgan fingerprint density at radius 1 is 1.56 bits per heavy atom. The Balaban J connectivity index is 2.83. The summed E-state index contributed by atoms with van der Waals surface area (Å²) in [5.74, 6) is 1.10. The average Bonchev–Trinajstić information content (AvgIpc) is 2.28. The predicted octanol–water partition coefficient (Wildman–Crippen LogP) is 1.86. The SMILES string of the molecule is C=C(OC)c1ccnc(CC(=O)C(C)C)n1. The number of carbonyl (C=O) groups is 1. The minimum Gasteiger partial charge on any atom is -0.495 e. The summed E-state index contributed by atoms with van der Waals surface area (Å²) in [5, 5.41) is 0. The van der Waals surface area contributed by atoms with E-state index in [9.17, 15) is 4.79 Å². The highest BCUT2D eigenvalue weighted by Gasteiger charge is 2.11. The highest BCUT2D eigenvalue weighted by molar-refractivity contribution is 5.81. The molecule has 0 aliphatic rings. The molecule has 0 aromatic carbocycles. The van der Waals surface area contributed by atoms with Crippen molar-refractivity contribution in [2.75, 3.05) is 7.11 Å². The first-order valence-electron chi connectivity index (χ1n) is 5.12. The van der Waals surface area contributed by atoms with E-state index in [0.29, 0.717) is 17.3 Å². The van der Waals surface area contributed by atoms with Crippen LogP contribution in [0.2, 0.25) is 0 Å². The van der Waals surface area contributed by atoms with Gasteiger partial charge in [-0.25, -0.2) is 9.97 Å². The molecule has 0 aliphatic heterocycles. The Morgan fingerprint density at radius 3 is 2.81 bits per heavy atom. The maximum Gasteiger partial charge on any atom is 0.142 e. The molecule has 4 heteroatoms. The first-order chi connectivity index (χ1) is 7.54. The van der Waals surface area contributed by atoms with Crippen molar-refractivity contribution in [2.45, 2.75) is 20.3 Å². The third-order valence-corrected chi connectivity index (χ3v) is 2.21. The first kappa shape index (κ1) is 12.4. The summed E-state index contributed by atoms with van der Waals surface area (Å²) in [6.45, 7) is 7.42. The molecule has 86 valence electrons. The minimum atomic E-state index is -0.00196. The second-order valence-electron chi connectivity index (χ2n) is 3.78. The summed E-state index contributed by atoms with van der Waals surface area (Å²) in [7, 11) is 1.53. The largest absolute Gasteiger partial charge is 0.495 e. The Bertz CT molecular complexity index is 400. The number of methoxy groups -OCH3 is 1. The minimum absolute atomic E-state index is 0.00196. The van der Waals surface area contributed by atoms with Crippen LogP contribution >= 0.6 is 0 Å². The molecule has 0 bridgehead atoms. The molecule has 0 aliphatic carbocycles. The van der Waals surface area contributed by atoms with Gasteiger partial charge in [0.2, 0.25) is 0 Å². The van der Waals surface area contributed by atoms with Crippen molar-refractivity contribution in [3.63, 3.8) is 0 Å². The van der Waals surface area contributed by atoms with Crippen LogP contribution in [0.15, 0.2) is 18.8 Å². The zero-order valence-electron chi connectivity index (χ0n) is 9.86. The summed E-state index contributed by atoms with van der Waals surface area (Å²) >= 11 is 0. The molecule has 1 aromatic rings. The molecule has 0 saturated heterocycles. The molecule has 1 heterocycles. The number of hydrogen-bond donors (Lipinski definition) is 0. The van der Waals surface area contributed by atoms with E-state index in [2.05, 4.69) is 16.5 Å². The maximum absolute atomic E-state index is 11.5. The summed E-state index contributed by atoms with van der Waals surface area (Å²) in [6, 6.07) is 1.70. The molecule has 0 fully saturated rings. The maximum atomic E-state index is 11.5. The van der Waals surface area contributed by atoms with Gasteiger partial charge in [0.25, 0.3) is 0 Å². The second-order valence-corrected chi connectivity index (χ2v) is 3.78. The fourth-order valence-corrected chi connectivity index (χ4v) is 1.10. The van der Waals surface area contributed by atoms with Gasteiger partial charge in [-0.05, 0) is 6.07 Å². The zero-order valence-corrected chi connectivity index (χ0v) is 9.86. The number of aromatic nitrogens is 2. The number of Topliss-reactive ketones (excluding diaryl/α,β-unsaturated/α-hetero) is 1. The van der Waals surface area contributed by atoms with Crippen molar-refractivity contribution in [3.8, 4) is 0 Å². The van der Waals surface area contributed by atoms with Crippen molar-refractivity contribution >= 4 is 11.5 Å². The number of rotatable bonds is 5. The topological polar surface area (TPSA) is 52.1 Å². The van der Waals surface area contributed by atoms with Gasteiger partial charge in [-0.3, -0.25) is 4.79 Å². The van der Waals surface area contributed by atoms with E-state index in [1.807, 2.05) is 13.8 Å². The molecule has 0 radical (unpaired) electrons. The van der Waals surface area contributed by atoms with Gasteiger partial charge >= 0.3 is 0 Å². The van der Waals surface area contributed by atoms with E-state index < -0.39 is 0 Å². The Morgan fingerprint density at radius 2 is 2.25 bits per heavy atom. The summed E-state index contributed by atoms with van der Waals surface area (Å²) in [4.78, 5) is 19.8. The van der Waals surface area contributed by atoms with Crippen LogP contribution in [0.1, 0.15) is 25.4 Å². The van der Waals surface area contributed by atoms with Crippen molar-refractivity contribution in [2.24, 2.45) is 5.92 Å². The normalized spacial score (nSPS) is 10.2. The first-order valence-corrected chi connectivity index (χ1v) is 5.12. The third-order valence-electron chi connectivity index (χ3n) is 2.21. The lowest BCUT2D eigenvalue weighted by Crippen LogP contribution is -2.13. The van der Waals surface area contributed by atoms with Gasteiger partial charge in [0.1, 0.15) is 23.1 Å². The molecule has 1 rings (SSSR count). The molecule has 0 atom stereocenters. The lowest BCUT2D eigenvalue weighted by Gasteiger charge is -2.06. The Hall–Kier alpha value is -1.71. The van der Waals surface area contributed by atoms with Gasteiger partial charge in [0.05, 0.1) is 13.5 Å². The van der Waals surface area contributed by atoms with E-state index in [4.69, 9.17) is 4.74 Å². The lowest BCUT2D eigenvalue weighted by molar-refractivity contribution is -0.121. The summed E-state index contributed by atoms with van der Waals surface area (Å²) < 4.78 is 4.97. The smallest absolute Gasteiger partial charge is 0.142 e.